The standard InChI is InChI=1S/C15H22N2O/c1-12-3-5-13(6-4-12)9-15(18)16-10-14-7-8-17(2)11-14/h3-6,14H,7-11H2,1-2H3,(H,16,18). The van der Waals surface area contributed by atoms with Gasteiger partial charge in [-0.15, -0.1) is 0 Å². The number of likely N-dealkylation sites (tertiary alicyclic amines) is 1. The molecule has 1 N–H and O–H groups in total. The smallest absolute Gasteiger partial charge is 0.224 e. The molecule has 0 saturated carbocycles. The van der Waals surface area contributed by atoms with Crippen molar-refractivity contribution >= 4 is 5.91 Å². The lowest BCUT2D eigenvalue weighted by Crippen LogP contribution is -2.31. The maximum Gasteiger partial charge on any atom is 0.224 e. The Balaban J connectivity index is 1.73. The zero-order valence-electron chi connectivity index (χ0n) is 11.3. The van der Waals surface area contributed by atoms with Crippen molar-refractivity contribution in [1.29, 1.82) is 0 Å². The van der Waals surface area contributed by atoms with E-state index in [0.717, 1.165) is 25.2 Å². The number of aryl methyl sites for hydroxylation is 1. The van der Waals surface area contributed by atoms with Crippen molar-refractivity contribution in [2.45, 2.75) is 19.8 Å². The normalized spacial score (nSPS) is 20.0. The molecule has 1 fully saturated rings. The van der Waals surface area contributed by atoms with E-state index in [1.54, 1.807) is 0 Å². The highest BCUT2D eigenvalue weighted by Gasteiger charge is 2.19. The van der Waals surface area contributed by atoms with E-state index >= 15 is 0 Å². The molecule has 0 aromatic heterocycles. The molecule has 1 atom stereocenters. The third-order valence-electron chi connectivity index (χ3n) is 3.56. The van der Waals surface area contributed by atoms with E-state index in [1.165, 1.54) is 12.0 Å². The lowest BCUT2D eigenvalue weighted by molar-refractivity contribution is -0.120. The molecule has 1 amide bonds. The van der Waals surface area contributed by atoms with Crippen LogP contribution in [0.15, 0.2) is 24.3 Å². The van der Waals surface area contributed by atoms with Crippen LogP contribution in [0.2, 0.25) is 0 Å². The van der Waals surface area contributed by atoms with Crippen molar-refractivity contribution in [3.63, 3.8) is 0 Å². The number of rotatable bonds is 4. The fraction of sp³-hybridized carbons (Fsp3) is 0.533. The first kappa shape index (κ1) is 13.1. The highest BCUT2D eigenvalue weighted by Crippen LogP contribution is 2.12. The molecule has 1 aliphatic heterocycles. The van der Waals surface area contributed by atoms with Gasteiger partial charge in [0.1, 0.15) is 0 Å². The lowest BCUT2D eigenvalue weighted by Gasteiger charge is -2.11. The largest absolute Gasteiger partial charge is 0.355 e. The molecule has 1 aromatic carbocycles. The van der Waals surface area contributed by atoms with E-state index in [9.17, 15) is 4.79 Å². The lowest BCUT2D eigenvalue weighted by atomic mass is 10.1. The summed E-state index contributed by atoms with van der Waals surface area (Å²) in [4.78, 5) is 14.1. The number of carbonyl (C=O) groups is 1. The first-order valence-electron chi connectivity index (χ1n) is 6.64. The minimum Gasteiger partial charge on any atom is -0.355 e. The first-order chi connectivity index (χ1) is 8.63. The molecule has 1 unspecified atom stereocenters. The van der Waals surface area contributed by atoms with Gasteiger partial charge in [0.15, 0.2) is 0 Å². The molecule has 1 aliphatic rings. The summed E-state index contributed by atoms with van der Waals surface area (Å²) < 4.78 is 0. The molecular weight excluding hydrogens is 224 g/mol. The van der Waals surface area contributed by atoms with Gasteiger partial charge in [0.2, 0.25) is 5.91 Å². The molecule has 0 radical (unpaired) electrons. The average molecular weight is 246 g/mol. The Hall–Kier alpha value is -1.35. The van der Waals surface area contributed by atoms with Crippen molar-refractivity contribution in [2.75, 3.05) is 26.7 Å². The molecule has 3 heteroatoms. The van der Waals surface area contributed by atoms with Crippen LogP contribution in [0, 0.1) is 12.8 Å². The van der Waals surface area contributed by atoms with Gasteiger partial charge in [-0.05, 0) is 38.4 Å². The summed E-state index contributed by atoms with van der Waals surface area (Å²) in [5, 5.41) is 3.04. The number of carbonyl (C=O) groups excluding carboxylic acids is 1. The zero-order chi connectivity index (χ0) is 13.0. The van der Waals surface area contributed by atoms with E-state index in [0.29, 0.717) is 12.3 Å². The highest BCUT2D eigenvalue weighted by atomic mass is 16.1. The number of hydrogen-bond donors (Lipinski definition) is 1. The van der Waals surface area contributed by atoms with Crippen LogP contribution in [-0.2, 0) is 11.2 Å². The summed E-state index contributed by atoms with van der Waals surface area (Å²) in [6.07, 6.45) is 1.68. The fourth-order valence-electron chi connectivity index (χ4n) is 2.40. The van der Waals surface area contributed by atoms with Crippen LogP contribution in [0.3, 0.4) is 0 Å². The maximum absolute atomic E-state index is 11.8. The monoisotopic (exact) mass is 246 g/mol. The van der Waals surface area contributed by atoms with Crippen LogP contribution in [0.1, 0.15) is 17.5 Å². The average Bonchev–Trinajstić information content (AvgIpc) is 2.76. The Bertz CT molecular complexity index is 399. The third kappa shape index (κ3) is 3.84. The van der Waals surface area contributed by atoms with Gasteiger partial charge in [-0.1, -0.05) is 29.8 Å². The van der Waals surface area contributed by atoms with Crippen molar-refractivity contribution in [3.8, 4) is 0 Å². The van der Waals surface area contributed by atoms with E-state index in [-0.39, 0.29) is 5.91 Å². The van der Waals surface area contributed by atoms with Gasteiger partial charge in [0.25, 0.3) is 0 Å². The van der Waals surface area contributed by atoms with E-state index in [4.69, 9.17) is 0 Å². The Morgan fingerprint density at radius 2 is 2.11 bits per heavy atom. The molecule has 3 nitrogen and oxygen atoms in total. The van der Waals surface area contributed by atoms with Gasteiger partial charge in [-0.2, -0.15) is 0 Å². The van der Waals surface area contributed by atoms with Crippen LogP contribution in [0.4, 0.5) is 0 Å². The molecule has 2 rings (SSSR count). The number of hydrogen-bond acceptors (Lipinski definition) is 2. The second-order valence-electron chi connectivity index (χ2n) is 5.38. The minimum absolute atomic E-state index is 0.133. The van der Waals surface area contributed by atoms with Crippen molar-refractivity contribution < 1.29 is 4.79 Å². The molecular formula is C15H22N2O. The zero-order valence-corrected chi connectivity index (χ0v) is 11.3. The predicted octanol–water partition coefficient (Wildman–Crippen LogP) is 1.61. The summed E-state index contributed by atoms with van der Waals surface area (Å²) in [6, 6.07) is 8.15. The van der Waals surface area contributed by atoms with Crippen LogP contribution < -0.4 is 5.32 Å². The molecule has 0 spiro atoms. The SMILES string of the molecule is Cc1ccc(CC(=O)NCC2CCN(C)C2)cc1. The third-order valence-corrected chi connectivity index (χ3v) is 3.56. The summed E-state index contributed by atoms with van der Waals surface area (Å²) >= 11 is 0. The minimum atomic E-state index is 0.133. The van der Waals surface area contributed by atoms with Crippen LogP contribution in [0.5, 0.6) is 0 Å². The highest BCUT2D eigenvalue weighted by molar-refractivity contribution is 5.78. The van der Waals surface area contributed by atoms with Gasteiger partial charge in [0.05, 0.1) is 6.42 Å². The molecule has 0 bridgehead atoms. The second kappa shape index (κ2) is 6.01. The van der Waals surface area contributed by atoms with Gasteiger partial charge in [-0.25, -0.2) is 0 Å². The number of nitrogens with zero attached hydrogens (tertiary/aromatic N) is 1. The number of nitrogens with one attached hydrogen (secondary N) is 1. The van der Waals surface area contributed by atoms with Crippen molar-refractivity contribution in [3.05, 3.63) is 35.4 Å². The molecule has 0 aliphatic carbocycles. The summed E-state index contributed by atoms with van der Waals surface area (Å²) in [6.45, 7) is 5.12. The fourth-order valence-corrected chi connectivity index (χ4v) is 2.40. The molecule has 1 heterocycles. The molecule has 98 valence electrons. The van der Waals surface area contributed by atoms with Gasteiger partial charge in [-0.3, -0.25) is 4.79 Å². The Morgan fingerprint density at radius 3 is 2.72 bits per heavy atom. The second-order valence-corrected chi connectivity index (χ2v) is 5.38. The van der Waals surface area contributed by atoms with E-state index in [1.807, 2.05) is 12.1 Å². The summed E-state index contributed by atoms with van der Waals surface area (Å²) in [7, 11) is 2.13. The molecule has 1 saturated heterocycles. The van der Waals surface area contributed by atoms with E-state index in [2.05, 4.69) is 36.3 Å². The molecule has 18 heavy (non-hydrogen) atoms. The molecule has 1 aromatic rings. The number of amides is 1. The summed E-state index contributed by atoms with van der Waals surface area (Å²) in [5.41, 5.74) is 2.31. The van der Waals surface area contributed by atoms with Crippen molar-refractivity contribution in [1.82, 2.24) is 10.2 Å². The number of benzene rings is 1. The van der Waals surface area contributed by atoms with Gasteiger partial charge in [0, 0.05) is 13.1 Å². The Kier molecular flexibility index (Phi) is 4.37. The van der Waals surface area contributed by atoms with Gasteiger partial charge >= 0.3 is 0 Å². The van der Waals surface area contributed by atoms with Crippen LogP contribution in [0.25, 0.3) is 0 Å². The van der Waals surface area contributed by atoms with Crippen molar-refractivity contribution in [2.24, 2.45) is 5.92 Å². The van der Waals surface area contributed by atoms with E-state index < -0.39 is 0 Å². The Morgan fingerprint density at radius 1 is 1.39 bits per heavy atom. The predicted molar refractivity (Wildman–Crippen MR) is 73.5 cm³/mol. The summed E-state index contributed by atoms with van der Waals surface area (Å²) in [5.74, 6) is 0.755. The van der Waals surface area contributed by atoms with Crippen LogP contribution >= 0.6 is 0 Å². The van der Waals surface area contributed by atoms with Gasteiger partial charge < -0.3 is 10.2 Å². The quantitative estimate of drug-likeness (QED) is 0.875. The first-order valence-corrected chi connectivity index (χ1v) is 6.64. The topological polar surface area (TPSA) is 32.3 Å². The maximum atomic E-state index is 11.8. The Labute approximate surface area is 109 Å². The van der Waals surface area contributed by atoms with Crippen LogP contribution in [-0.4, -0.2) is 37.5 Å².